The fourth-order valence-corrected chi connectivity index (χ4v) is 3.04. The summed E-state index contributed by atoms with van der Waals surface area (Å²) in [6, 6.07) is 14.9. The summed E-state index contributed by atoms with van der Waals surface area (Å²) in [6.07, 6.45) is 2.82. The lowest BCUT2D eigenvalue weighted by Gasteiger charge is -2.26. The number of methoxy groups -OCH3 is 2. The van der Waals surface area contributed by atoms with Crippen molar-refractivity contribution in [2.45, 2.75) is 6.42 Å². The van der Waals surface area contributed by atoms with E-state index in [0.29, 0.717) is 24.6 Å². The van der Waals surface area contributed by atoms with Crippen molar-refractivity contribution in [2.24, 2.45) is 0 Å². The fraction of sp³-hybridized carbons (Fsp3) is 0.273. The molecule has 28 heavy (non-hydrogen) atoms. The molecule has 6 heteroatoms. The van der Waals surface area contributed by atoms with Crippen molar-refractivity contribution in [1.82, 2.24) is 4.90 Å². The van der Waals surface area contributed by atoms with Gasteiger partial charge in [-0.2, -0.15) is 0 Å². The molecule has 0 fully saturated rings. The van der Waals surface area contributed by atoms with Crippen LogP contribution in [0.5, 0.6) is 11.5 Å². The summed E-state index contributed by atoms with van der Waals surface area (Å²) >= 11 is 0. The van der Waals surface area contributed by atoms with E-state index in [1.165, 1.54) is 25.4 Å². The van der Waals surface area contributed by atoms with Crippen LogP contribution in [-0.2, 0) is 9.53 Å². The highest BCUT2D eigenvalue weighted by molar-refractivity contribution is 5.92. The lowest BCUT2D eigenvalue weighted by Crippen LogP contribution is -2.37. The Balaban J connectivity index is 1.56. The molecule has 146 valence electrons. The number of ether oxygens (including phenoxy) is 3. The topological polar surface area (TPSA) is 65.1 Å². The summed E-state index contributed by atoms with van der Waals surface area (Å²) in [6.45, 7) is 0.810. The molecule has 0 aromatic heterocycles. The minimum atomic E-state index is -0.594. The Morgan fingerprint density at radius 2 is 1.68 bits per heavy atom. The van der Waals surface area contributed by atoms with E-state index < -0.39 is 5.97 Å². The van der Waals surface area contributed by atoms with Gasteiger partial charge in [-0.1, -0.05) is 36.4 Å². The molecule has 0 unspecified atom stereocenters. The molecule has 3 rings (SSSR count). The van der Waals surface area contributed by atoms with E-state index in [-0.39, 0.29) is 18.1 Å². The van der Waals surface area contributed by atoms with Crippen LogP contribution in [-0.4, -0.2) is 50.7 Å². The van der Waals surface area contributed by atoms with E-state index in [1.807, 2.05) is 24.3 Å². The maximum absolute atomic E-state index is 12.4. The number of amides is 1. The third-order valence-electron chi connectivity index (χ3n) is 4.62. The van der Waals surface area contributed by atoms with Gasteiger partial charge in [0.1, 0.15) is 11.5 Å². The molecular formula is C22H23NO5. The smallest absolute Gasteiger partial charge is 0.338 e. The van der Waals surface area contributed by atoms with Crippen molar-refractivity contribution in [3.63, 3.8) is 0 Å². The number of carbonyl (C=O) groups excluding carboxylic acids is 2. The molecule has 0 spiro atoms. The molecule has 2 aromatic carbocycles. The molecule has 2 aromatic rings. The molecule has 0 aliphatic carbocycles. The van der Waals surface area contributed by atoms with Crippen LogP contribution in [0, 0.1) is 0 Å². The third-order valence-corrected chi connectivity index (χ3v) is 4.62. The van der Waals surface area contributed by atoms with Gasteiger partial charge in [0, 0.05) is 19.2 Å². The van der Waals surface area contributed by atoms with E-state index in [9.17, 15) is 9.59 Å². The number of hydrogen-bond donors (Lipinski definition) is 0. The highest BCUT2D eigenvalue weighted by atomic mass is 16.5. The van der Waals surface area contributed by atoms with Crippen LogP contribution in [0.25, 0.3) is 5.57 Å². The molecule has 0 atom stereocenters. The molecule has 0 saturated heterocycles. The van der Waals surface area contributed by atoms with Crippen molar-refractivity contribution in [3.8, 4) is 11.5 Å². The Labute approximate surface area is 164 Å². The second-order valence-electron chi connectivity index (χ2n) is 6.36. The van der Waals surface area contributed by atoms with Gasteiger partial charge < -0.3 is 19.1 Å². The normalized spacial score (nSPS) is 13.5. The maximum Gasteiger partial charge on any atom is 0.338 e. The summed E-state index contributed by atoms with van der Waals surface area (Å²) in [7, 11) is 3.00. The second-order valence-corrected chi connectivity index (χ2v) is 6.36. The van der Waals surface area contributed by atoms with Crippen molar-refractivity contribution in [2.75, 3.05) is 33.9 Å². The predicted octanol–water partition coefficient (Wildman–Crippen LogP) is 3.18. The first-order valence-electron chi connectivity index (χ1n) is 9.03. The van der Waals surface area contributed by atoms with Crippen LogP contribution in [0.15, 0.2) is 54.6 Å². The van der Waals surface area contributed by atoms with Crippen LogP contribution in [0.2, 0.25) is 0 Å². The van der Waals surface area contributed by atoms with Crippen molar-refractivity contribution in [3.05, 3.63) is 65.7 Å². The number of nitrogens with zero attached hydrogens (tertiary/aromatic N) is 1. The molecular weight excluding hydrogens is 358 g/mol. The Hall–Kier alpha value is -3.28. The molecule has 0 radical (unpaired) electrons. The number of hydrogen-bond acceptors (Lipinski definition) is 5. The zero-order valence-electron chi connectivity index (χ0n) is 16.0. The summed E-state index contributed by atoms with van der Waals surface area (Å²) in [5.74, 6) is 0.147. The Morgan fingerprint density at radius 3 is 2.25 bits per heavy atom. The molecule has 6 nitrogen and oxygen atoms in total. The SMILES string of the molecule is COc1cc(OC)cc(C(=O)OCC(=O)N2CC=C(c3ccccc3)CC2)c1. The second kappa shape index (κ2) is 9.08. The summed E-state index contributed by atoms with van der Waals surface area (Å²) in [5.41, 5.74) is 2.67. The summed E-state index contributed by atoms with van der Waals surface area (Å²) in [5, 5.41) is 0. The summed E-state index contributed by atoms with van der Waals surface area (Å²) < 4.78 is 15.5. The van der Waals surface area contributed by atoms with Gasteiger partial charge in [-0.15, -0.1) is 0 Å². The van der Waals surface area contributed by atoms with Gasteiger partial charge in [0.05, 0.1) is 19.8 Å². The van der Waals surface area contributed by atoms with Gasteiger partial charge in [0.2, 0.25) is 0 Å². The third kappa shape index (κ3) is 4.71. The van der Waals surface area contributed by atoms with Gasteiger partial charge in [-0.25, -0.2) is 4.79 Å². The predicted molar refractivity (Wildman–Crippen MR) is 105 cm³/mol. The van der Waals surface area contributed by atoms with Gasteiger partial charge in [0.25, 0.3) is 5.91 Å². The van der Waals surface area contributed by atoms with Crippen LogP contribution in [0.1, 0.15) is 22.3 Å². The molecule has 0 N–H and O–H groups in total. The van der Waals surface area contributed by atoms with Crippen LogP contribution in [0.3, 0.4) is 0 Å². The average Bonchev–Trinajstić information content (AvgIpc) is 2.77. The van der Waals surface area contributed by atoms with Gasteiger partial charge in [0.15, 0.2) is 6.61 Å². The van der Waals surface area contributed by atoms with E-state index in [0.717, 1.165) is 6.42 Å². The Kier molecular flexibility index (Phi) is 6.32. The van der Waals surface area contributed by atoms with Crippen molar-refractivity contribution >= 4 is 17.4 Å². The zero-order chi connectivity index (χ0) is 19.9. The molecule has 1 aliphatic rings. The Morgan fingerprint density at radius 1 is 1.00 bits per heavy atom. The standard InChI is InChI=1S/C22H23NO5/c1-26-19-12-18(13-20(14-19)27-2)22(25)28-15-21(24)23-10-8-17(9-11-23)16-6-4-3-5-7-16/h3-8,12-14H,9-11,15H2,1-2H3. The number of esters is 1. The fourth-order valence-electron chi connectivity index (χ4n) is 3.04. The zero-order valence-corrected chi connectivity index (χ0v) is 16.0. The van der Waals surface area contributed by atoms with Gasteiger partial charge in [-0.05, 0) is 29.7 Å². The minimum Gasteiger partial charge on any atom is -0.497 e. The quantitative estimate of drug-likeness (QED) is 0.719. The molecule has 1 aliphatic heterocycles. The molecule has 1 heterocycles. The van der Waals surface area contributed by atoms with Gasteiger partial charge in [-0.3, -0.25) is 4.79 Å². The average molecular weight is 381 g/mol. The van der Waals surface area contributed by atoms with Crippen LogP contribution >= 0.6 is 0 Å². The highest BCUT2D eigenvalue weighted by Gasteiger charge is 2.20. The van der Waals surface area contributed by atoms with Gasteiger partial charge >= 0.3 is 5.97 Å². The van der Waals surface area contributed by atoms with E-state index in [4.69, 9.17) is 14.2 Å². The Bertz CT molecular complexity index is 854. The molecule has 1 amide bonds. The van der Waals surface area contributed by atoms with Crippen LogP contribution in [0.4, 0.5) is 0 Å². The number of carbonyl (C=O) groups is 2. The van der Waals surface area contributed by atoms with E-state index in [2.05, 4.69) is 12.1 Å². The van der Waals surface area contributed by atoms with Crippen LogP contribution < -0.4 is 9.47 Å². The van der Waals surface area contributed by atoms with Crippen molar-refractivity contribution in [1.29, 1.82) is 0 Å². The van der Waals surface area contributed by atoms with Crippen molar-refractivity contribution < 1.29 is 23.8 Å². The first-order chi connectivity index (χ1) is 13.6. The lowest BCUT2D eigenvalue weighted by atomic mass is 10.00. The lowest BCUT2D eigenvalue weighted by molar-refractivity contribution is -0.134. The molecule has 0 saturated carbocycles. The van der Waals surface area contributed by atoms with E-state index >= 15 is 0 Å². The highest BCUT2D eigenvalue weighted by Crippen LogP contribution is 2.24. The molecule has 0 bridgehead atoms. The first kappa shape index (κ1) is 19.5. The minimum absolute atomic E-state index is 0.216. The number of benzene rings is 2. The largest absolute Gasteiger partial charge is 0.497 e. The monoisotopic (exact) mass is 381 g/mol. The summed E-state index contributed by atoms with van der Waals surface area (Å²) in [4.78, 5) is 26.4. The number of rotatable bonds is 6. The van der Waals surface area contributed by atoms with E-state index in [1.54, 1.807) is 23.1 Å². The first-order valence-corrected chi connectivity index (χ1v) is 9.03. The maximum atomic E-state index is 12.4.